The van der Waals surface area contributed by atoms with E-state index in [1.165, 1.54) is 0 Å². The summed E-state index contributed by atoms with van der Waals surface area (Å²) >= 11 is 0. The van der Waals surface area contributed by atoms with Crippen LogP contribution in [0, 0.1) is 6.92 Å². The maximum absolute atomic E-state index is 9.17. The number of hydrogen-bond acceptors (Lipinski definition) is 5. The van der Waals surface area contributed by atoms with Crippen molar-refractivity contribution in [3.8, 4) is 5.75 Å². The molecule has 3 N–H and O–H groups in total. The largest absolute Gasteiger partial charge is 0.493 e. The van der Waals surface area contributed by atoms with Gasteiger partial charge in [0.25, 0.3) is 0 Å². The summed E-state index contributed by atoms with van der Waals surface area (Å²) in [5.74, 6) is 0.732. The van der Waals surface area contributed by atoms with Gasteiger partial charge < -0.3 is 25.0 Å². The Morgan fingerprint density at radius 3 is 2.75 bits per heavy atom. The van der Waals surface area contributed by atoms with Gasteiger partial charge in [-0.3, -0.25) is 0 Å². The molecule has 1 aromatic rings. The van der Waals surface area contributed by atoms with Crippen molar-refractivity contribution < 1.29 is 14.8 Å². The molecule has 5 nitrogen and oxygen atoms in total. The Morgan fingerprint density at radius 1 is 1.30 bits per heavy atom. The normalized spacial score (nSPS) is 16.1. The molecule has 0 aliphatic carbocycles. The summed E-state index contributed by atoms with van der Waals surface area (Å²) in [6.07, 6.45) is 0.978. The molecular weight excluding hydrogens is 255 g/mol. The van der Waals surface area contributed by atoms with Gasteiger partial charge in [-0.2, -0.15) is 0 Å². The molecule has 1 aliphatic heterocycles. The van der Waals surface area contributed by atoms with Crippen LogP contribution in [0.15, 0.2) is 18.2 Å². The van der Waals surface area contributed by atoms with Gasteiger partial charge in [-0.1, -0.05) is 12.1 Å². The van der Waals surface area contributed by atoms with Crippen molar-refractivity contribution in [2.75, 3.05) is 39.3 Å². The summed E-state index contributed by atoms with van der Waals surface area (Å²) in [6, 6.07) is 5.25. The lowest BCUT2D eigenvalue weighted by Crippen LogP contribution is -2.44. The lowest BCUT2D eigenvalue weighted by molar-refractivity contribution is 0.213. The third-order valence-electron chi connectivity index (χ3n) is 3.60. The topological polar surface area (TPSA) is 65.0 Å². The van der Waals surface area contributed by atoms with Crippen LogP contribution >= 0.6 is 0 Å². The second kappa shape index (κ2) is 7.64. The van der Waals surface area contributed by atoms with Crippen molar-refractivity contribution in [3.05, 3.63) is 23.8 Å². The monoisotopic (exact) mass is 278 g/mol. The molecule has 0 bridgehead atoms. The number of hydrogen-bond donors (Lipinski definition) is 3. The van der Waals surface area contributed by atoms with Crippen LogP contribution in [-0.4, -0.2) is 61.4 Å². The predicted molar refractivity (Wildman–Crippen MR) is 80.4 cm³/mol. The molecule has 0 saturated carbocycles. The van der Waals surface area contributed by atoms with E-state index in [1.54, 1.807) is 12.1 Å². The van der Waals surface area contributed by atoms with E-state index in [9.17, 15) is 0 Å². The minimum Gasteiger partial charge on any atom is -0.493 e. The molecule has 0 amide bonds. The lowest BCUT2D eigenvalue weighted by atomic mass is 9.80. The van der Waals surface area contributed by atoms with Gasteiger partial charge in [-0.15, -0.1) is 0 Å². The number of aryl methyl sites for hydroxylation is 1. The number of piperazine rings is 1. The van der Waals surface area contributed by atoms with E-state index < -0.39 is 7.12 Å². The number of rotatable bonds is 6. The Labute approximate surface area is 120 Å². The number of nitrogens with one attached hydrogen (secondary N) is 1. The number of ether oxygens (including phenoxy) is 1. The van der Waals surface area contributed by atoms with Gasteiger partial charge in [0.05, 0.1) is 6.61 Å². The minimum absolute atomic E-state index is 0.465. The fourth-order valence-corrected chi connectivity index (χ4v) is 2.34. The Kier molecular flexibility index (Phi) is 5.85. The summed E-state index contributed by atoms with van der Waals surface area (Å²) in [5.41, 5.74) is 1.48. The Bertz CT molecular complexity index is 423. The highest BCUT2D eigenvalue weighted by Gasteiger charge is 2.13. The average Bonchev–Trinajstić information content (AvgIpc) is 2.46. The van der Waals surface area contributed by atoms with Crippen molar-refractivity contribution in [1.82, 2.24) is 10.2 Å². The Balaban J connectivity index is 1.77. The van der Waals surface area contributed by atoms with Crippen LogP contribution in [0.2, 0.25) is 0 Å². The van der Waals surface area contributed by atoms with E-state index in [0.717, 1.165) is 50.5 Å². The zero-order valence-corrected chi connectivity index (χ0v) is 12.0. The first-order chi connectivity index (χ1) is 9.66. The first-order valence-electron chi connectivity index (χ1n) is 7.19. The summed E-state index contributed by atoms with van der Waals surface area (Å²) in [6.45, 7) is 7.99. The molecule has 110 valence electrons. The van der Waals surface area contributed by atoms with Crippen molar-refractivity contribution >= 4 is 12.6 Å². The molecule has 0 unspecified atom stereocenters. The van der Waals surface area contributed by atoms with E-state index >= 15 is 0 Å². The fraction of sp³-hybridized carbons (Fsp3) is 0.571. The molecule has 6 heteroatoms. The van der Waals surface area contributed by atoms with Crippen LogP contribution in [0.1, 0.15) is 12.0 Å². The molecular formula is C14H23BN2O3. The van der Waals surface area contributed by atoms with Crippen LogP contribution in [0.4, 0.5) is 0 Å². The second-order valence-electron chi connectivity index (χ2n) is 5.19. The van der Waals surface area contributed by atoms with Crippen molar-refractivity contribution in [1.29, 1.82) is 0 Å². The quantitative estimate of drug-likeness (QED) is 0.477. The first kappa shape index (κ1) is 15.3. The van der Waals surface area contributed by atoms with Gasteiger partial charge in [-0.25, -0.2) is 0 Å². The smallest absolute Gasteiger partial charge is 0.488 e. The standard InChI is InChI=1S/C14H23BN2O3/c1-12-3-4-13(15(18)19)11-14(12)20-10-2-7-17-8-5-16-6-9-17/h3-4,11,16,18-19H,2,5-10H2,1H3. The molecule has 0 radical (unpaired) electrons. The highest BCUT2D eigenvalue weighted by atomic mass is 16.5. The molecule has 1 aliphatic rings. The molecule has 1 heterocycles. The summed E-state index contributed by atoms with van der Waals surface area (Å²) < 4.78 is 5.75. The van der Waals surface area contributed by atoms with Gasteiger partial charge in [0, 0.05) is 32.7 Å². The number of benzene rings is 1. The van der Waals surface area contributed by atoms with E-state index in [4.69, 9.17) is 14.8 Å². The van der Waals surface area contributed by atoms with Gasteiger partial charge in [0.15, 0.2) is 0 Å². The maximum Gasteiger partial charge on any atom is 0.488 e. The third kappa shape index (κ3) is 4.49. The summed E-state index contributed by atoms with van der Waals surface area (Å²) in [4.78, 5) is 2.43. The highest BCUT2D eigenvalue weighted by Crippen LogP contribution is 2.15. The molecule has 0 aromatic heterocycles. The molecule has 1 fully saturated rings. The molecule has 20 heavy (non-hydrogen) atoms. The van der Waals surface area contributed by atoms with Crippen LogP contribution in [-0.2, 0) is 0 Å². The van der Waals surface area contributed by atoms with Crippen molar-refractivity contribution in [3.63, 3.8) is 0 Å². The van der Waals surface area contributed by atoms with Gasteiger partial charge in [0.1, 0.15) is 5.75 Å². The van der Waals surface area contributed by atoms with Gasteiger partial charge in [0.2, 0.25) is 0 Å². The molecule has 0 atom stereocenters. The second-order valence-corrected chi connectivity index (χ2v) is 5.19. The first-order valence-corrected chi connectivity index (χ1v) is 7.19. The lowest BCUT2D eigenvalue weighted by Gasteiger charge is -2.27. The molecule has 1 saturated heterocycles. The van der Waals surface area contributed by atoms with Crippen LogP contribution in [0.5, 0.6) is 5.75 Å². The highest BCUT2D eigenvalue weighted by molar-refractivity contribution is 6.58. The zero-order chi connectivity index (χ0) is 14.4. The Morgan fingerprint density at radius 2 is 2.05 bits per heavy atom. The SMILES string of the molecule is Cc1ccc(B(O)O)cc1OCCCN1CCNCC1. The fourth-order valence-electron chi connectivity index (χ4n) is 2.34. The Hall–Kier alpha value is -1.08. The maximum atomic E-state index is 9.17. The van der Waals surface area contributed by atoms with E-state index in [1.807, 2.05) is 13.0 Å². The van der Waals surface area contributed by atoms with E-state index in [-0.39, 0.29) is 0 Å². The minimum atomic E-state index is -1.45. The van der Waals surface area contributed by atoms with Gasteiger partial charge in [-0.05, 0) is 30.4 Å². The van der Waals surface area contributed by atoms with Crippen LogP contribution in [0.25, 0.3) is 0 Å². The van der Waals surface area contributed by atoms with Crippen LogP contribution in [0.3, 0.4) is 0 Å². The van der Waals surface area contributed by atoms with E-state index in [2.05, 4.69) is 10.2 Å². The van der Waals surface area contributed by atoms with E-state index in [0.29, 0.717) is 12.1 Å². The van der Waals surface area contributed by atoms with Crippen molar-refractivity contribution in [2.24, 2.45) is 0 Å². The number of nitrogens with zero attached hydrogens (tertiary/aromatic N) is 1. The van der Waals surface area contributed by atoms with Crippen LogP contribution < -0.4 is 15.5 Å². The third-order valence-corrected chi connectivity index (χ3v) is 3.60. The van der Waals surface area contributed by atoms with Crippen molar-refractivity contribution in [2.45, 2.75) is 13.3 Å². The average molecular weight is 278 g/mol. The molecule has 0 spiro atoms. The zero-order valence-electron chi connectivity index (χ0n) is 12.0. The predicted octanol–water partition coefficient (Wildman–Crippen LogP) is -0.651. The molecule has 1 aromatic carbocycles. The summed E-state index contributed by atoms with van der Waals surface area (Å²) in [5, 5.41) is 21.7. The molecule has 2 rings (SSSR count). The van der Waals surface area contributed by atoms with Gasteiger partial charge >= 0.3 is 7.12 Å². The summed E-state index contributed by atoms with van der Waals surface area (Å²) in [7, 11) is -1.45.